The lowest BCUT2D eigenvalue weighted by atomic mass is 9.67. The lowest BCUT2D eigenvalue weighted by Crippen LogP contribution is -2.29. The van der Waals surface area contributed by atoms with Crippen molar-refractivity contribution >= 4 is 27.8 Å². The van der Waals surface area contributed by atoms with E-state index in [0.29, 0.717) is 5.75 Å². The number of para-hydroxylation sites is 2. The maximum atomic E-state index is 11.8. The van der Waals surface area contributed by atoms with E-state index in [9.17, 15) is 5.11 Å². The van der Waals surface area contributed by atoms with Gasteiger partial charge >= 0.3 is 0 Å². The molecule has 0 aromatic heterocycles. The molecule has 7 aromatic carbocycles. The third kappa shape index (κ3) is 6.96. The van der Waals surface area contributed by atoms with E-state index in [-0.39, 0.29) is 0 Å². The molecule has 55 heavy (non-hydrogen) atoms. The van der Waals surface area contributed by atoms with Gasteiger partial charge in [-0.2, -0.15) is 0 Å². The highest BCUT2D eigenvalue weighted by Crippen LogP contribution is 2.60. The zero-order chi connectivity index (χ0) is 37.6. The molecule has 0 fully saturated rings. The van der Waals surface area contributed by atoms with Crippen LogP contribution in [-0.2, 0) is 18.3 Å². The van der Waals surface area contributed by atoms with Gasteiger partial charge < -0.3 is 10.0 Å². The van der Waals surface area contributed by atoms with Crippen LogP contribution >= 0.6 is 0 Å². The number of phenolic OH excluding ortho intramolecular Hbond substituents is 1. The Hall–Kier alpha value is -5.60. The molecule has 1 aliphatic carbocycles. The van der Waals surface area contributed by atoms with Crippen LogP contribution in [0.4, 0.5) is 17.1 Å². The van der Waals surface area contributed by atoms with E-state index >= 15 is 0 Å². The van der Waals surface area contributed by atoms with Gasteiger partial charge in [0.1, 0.15) is 5.75 Å². The maximum absolute atomic E-state index is 11.8. The molecule has 0 radical (unpaired) electrons. The molecule has 2 nitrogen and oxygen atoms in total. The Bertz CT molecular complexity index is 2250. The number of phenols is 1. The van der Waals surface area contributed by atoms with Crippen molar-refractivity contribution in [2.24, 2.45) is 0 Å². The number of anilines is 3. The number of unbranched alkanes of at least 4 members (excludes halogenated alkanes) is 6. The number of nitrogens with zero attached hydrogens (tertiary/aromatic N) is 1. The maximum Gasteiger partial charge on any atom is 0.123 e. The van der Waals surface area contributed by atoms with Gasteiger partial charge in [0.05, 0.1) is 5.41 Å². The monoisotopic (exact) mass is 719 g/mol. The minimum Gasteiger partial charge on any atom is -0.507 e. The normalized spacial score (nSPS) is 12.8. The highest BCUT2D eigenvalue weighted by Gasteiger charge is 2.47. The first-order valence-corrected chi connectivity index (χ1v) is 20.6. The topological polar surface area (TPSA) is 23.5 Å². The van der Waals surface area contributed by atoms with Gasteiger partial charge in [0, 0.05) is 22.4 Å². The third-order valence-corrected chi connectivity index (χ3v) is 11.8. The van der Waals surface area contributed by atoms with E-state index in [1.807, 2.05) is 12.1 Å². The summed E-state index contributed by atoms with van der Waals surface area (Å²) in [7, 11) is 0. The van der Waals surface area contributed by atoms with Gasteiger partial charge in [-0.15, -0.1) is 0 Å². The van der Waals surface area contributed by atoms with Crippen LogP contribution in [0.15, 0.2) is 158 Å². The standard InChI is InChI=1S/C53H53NO/c1-3-5-7-11-19-39-27-31-41(32-28-39)53(42-33-29-40(30-34-42)20-12-8-6-4-2)49-37-45(54(43-21-13-9-14-22-43)44-23-15-10-16-24-44)35-36-48(49)52-47-26-18-17-25-46(47)51(55)38-50(52)53/h9-10,13-18,21-38,55H,3-8,11-12,19-20H2,1-2H3. The van der Waals surface area contributed by atoms with Crippen LogP contribution in [0.5, 0.6) is 5.75 Å². The Labute approximate surface area is 328 Å². The zero-order valence-electron chi connectivity index (χ0n) is 32.5. The molecule has 7 aromatic rings. The van der Waals surface area contributed by atoms with Crippen LogP contribution in [-0.4, -0.2) is 5.11 Å². The summed E-state index contributed by atoms with van der Waals surface area (Å²) in [4.78, 5) is 2.36. The Balaban J connectivity index is 1.38. The van der Waals surface area contributed by atoms with Crippen LogP contribution in [0.1, 0.15) is 98.6 Å². The van der Waals surface area contributed by atoms with Crippen molar-refractivity contribution in [1.29, 1.82) is 0 Å². The van der Waals surface area contributed by atoms with Crippen molar-refractivity contribution < 1.29 is 5.11 Å². The average Bonchev–Trinajstić information content (AvgIpc) is 3.52. The molecule has 0 amide bonds. The molecule has 8 rings (SSSR count). The van der Waals surface area contributed by atoms with Crippen molar-refractivity contribution in [2.45, 2.75) is 83.5 Å². The van der Waals surface area contributed by atoms with Crippen LogP contribution < -0.4 is 4.90 Å². The number of fused-ring (bicyclic) bond motifs is 5. The summed E-state index contributed by atoms with van der Waals surface area (Å²) in [5.41, 5.74) is 12.6. The van der Waals surface area contributed by atoms with Gasteiger partial charge in [-0.3, -0.25) is 0 Å². The lowest BCUT2D eigenvalue weighted by Gasteiger charge is -2.35. The number of hydrogen-bond donors (Lipinski definition) is 1. The Kier molecular flexibility index (Phi) is 10.9. The summed E-state index contributed by atoms with van der Waals surface area (Å²) < 4.78 is 0. The van der Waals surface area contributed by atoms with Gasteiger partial charge in [-0.05, 0) is 118 Å². The highest BCUT2D eigenvalue weighted by molar-refractivity contribution is 6.07. The van der Waals surface area contributed by atoms with Gasteiger partial charge in [0.25, 0.3) is 0 Å². The minimum absolute atomic E-state index is 0.321. The minimum atomic E-state index is -0.664. The van der Waals surface area contributed by atoms with Crippen molar-refractivity contribution in [1.82, 2.24) is 0 Å². The number of benzene rings is 7. The fourth-order valence-corrected chi connectivity index (χ4v) is 9.03. The molecule has 0 saturated heterocycles. The average molecular weight is 720 g/mol. The van der Waals surface area contributed by atoms with Gasteiger partial charge in [-0.1, -0.05) is 168 Å². The fraction of sp³-hybridized carbons (Fsp3) is 0.245. The SMILES string of the molecule is CCCCCCc1ccc(C2(c3ccc(CCCCCC)cc3)c3cc(N(c4ccccc4)c4ccccc4)ccc3-c3c2cc(O)c2ccccc32)cc1. The molecular weight excluding hydrogens is 667 g/mol. The first kappa shape index (κ1) is 36.4. The molecule has 0 atom stereocenters. The summed E-state index contributed by atoms with van der Waals surface area (Å²) in [6.45, 7) is 4.55. The number of rotatable bonds is 15. The van der Waals surface area contributed by atoms with E-state index in [4.69, 9.17) is 0 Å². The van der Waals surface area contributed by atoms with Crippen LogP contribution in [0.25, 0.3) is 21.9 Å². The van der Waals surface area contributed by atoms with E-state index < -0.39 is 5.41 Å². The Morgan fingerprint density at radius 1 is 0.455 bits per heavy atom. The summed E-state index contributed by atoms with van der Waals surface area (Å²) in [6.07, 6.45) is 12.2. The van der Waals surface area contributed by atoms with Gasteiger partial charge in [-0.25, -0.2) is 0 Å². The summed E-state index contributed by atoms with van der Waals surface area (Å²) in [5, 5.41) is 13.8. The fourth-order valence-electron chi connectivity index (χ4n) is 9.03. The van der Waals surface area contributed by atoms with Crippen molar-refractivity contribution in [3.63, 3.8) is 0 Å². The molecule has 0 saturated carbocycles. The predicted molar refractivity (Wildman–Crippen MR) is 233 cm³/mol. The smallest absolute Gasteiger partial charge is 0.123 e. The van der Waals surface area contributed by atoms with E-state index in [1.165, 1.54) is 90.3 Å². The molecule has 2 heteroatoms. The predicted octanol–water partition coefficient (Wildman–Crippen LogP) is 14.6. The molecule has 1 aliphatic rings. The third-order valence-electron chi connectivity index (χ3n) is 11.8. The molecule has 0 spiro atoms. The van der Waals surface area contributed by atoms with E-state index in [0.717, 1.165) is 46.2 Å². The van der Waals surface area contributed by atoms with E-state index in [2.05, 4.69) is 164 Å². The van der Waals surface area contributed by atoms with Gasteiger partial charge in [0.15, 0.2) is 0 Å². The van der Waals surface area contributed by atoms with Gasteiger partial charge in [0.2, 0.25) is 0 Å². The molecule has 0 heterocycles. The number of aryl methyl sites for hydroxylation is 2. The molecular formula is C53H53NO. The second-order valence-corrected chi connectivity index (χ2v) is 15.4. The first-order chi connectivity index (χ1) is 27.1. The molecule has 0 aliphatic heterocycles. The molecule has 276 valence electrons. The first-order valence-electron chi connectivity index (χ1n) is 20.6. The van der Waals surface area contributed by atoms with Crippen molar-refractivity contribution in [3.8, 4) is 16.9 Å². The largest absolute Gasteiger partial charge is 0.507 e. The second-order valence-electron chi connectivity index (χ2n) is 15.4. The van der Waals surface area contributed by atoms with Crippen molar-refractivity contribution in [2.75, 3.05) is 4.90 Å². The Morgan fingerprint density at radius 2 is 0.964 bits per heavy atom. The zero-order valence-corrected chi connectivity index (χ0v) is 32.5. The molecule has 1 N–H and O–H groups in total. The number of aromatic hydroxyl groups is 1. The van der Waals surface area contributed by atoms with Crippen LogP contribution in [0.2, 0.25) is 0 Å². The van der Waals surface area contributed by atoms with Crippen LogP contribution in [0.3, 0.4) is 0 Å². The Morgan fingerprint density at radius 3 is 1.49 bits per heavy atom. The highest BCUT2D eigenvalue weighted by atomic mass is 16.3. The van der Waals surface area contributed by atoms with E-state index in [1.54, 1.807) is 0 Å². The number of hydrogen-bond acceptors (Lipinski definition) is 2. The van der Waals surface area contributed by atoms with Crippen LogP contribution in [0, 0.1) is 0 Å². The summed E-state index contributed by atoms with van der Waals surface area (Å²) >= 11 is 0. The lowest BCUT2D eigenvalue weighted by molar-refractivity contribution is 0.480. The second kappa shape index (κ2) is 16.4. The summed E-state index contributed by atoms with van der Waals surface area (Å²) in [5.74, 6) is 0.321. The summed E-state index contributed by atoms with van der Waals surface area (Å²) in [6, 6.07) is 57.7. The molecule has 0 unspecified atom stereocenters. The molecule has 0 bridgehead atoms. The van der Waals surface area contributed by atoms with Crippen molar-refractivity contribution in [3.05, 3.63) is 191 Å². The quantitative estimate of drug-likeness (QED) is 0.107.